The molecule has 0 bridgehead atoms. The average Bonchev–Trinajstić information content (AvgIpc) is 2.56. The summed E-state index contributed by atoms with van der Waals surface area (Å²) < 4.78 is 0. The van der Waals surface area contributed by atoms with Crippen molar-refractivity contribution >= 4 is 17.5 Å². The molecule has 5 heteroatoms. The van der Waals surface area contributed by atoms with Crippen molar-refractivity contribution in [3.63, 3.8) is 0 Å². The van der Waals surface area contributed by atoms with Crippen LogP contribution in [0.4, 0.5) is 5.69 Å². The van der Waals surface area contributed by atoms with E-state index in [1.54, 1.807) is 24.3 Å². The predicted molar refractivity (Wildman–Crippen MR) is 92.6 cm³/mol. The Morgan fingerprint density at radius 2 is 1.78 bits per heavy atom. The Morgan fingerprint density at radius 3 is 2.39 bits per heavy atom. The fraction of sp³-hybridized carbons (Fsp3) is 0.556. The van der Waals surface area contributed by atoms with Crippen LogP contribution < -0.4 is 10.6 Å². The maximum atomic E-state index is 12.1. The number of nitrogens with zero attached hydrogens (tertiary/aromatic N) is 1. The number of benzene rings is 1. The van der Waals surface area contributed by atoms with Gasteiger partial charge in [0, 0.05) is 17.3 Å². The standard InChI is InChI=1S/C18H27N3O2/c1-3-14(2)19-18(23)15-7-9-16(10-8-15)20-17(22)13-21-11-5-4-6-12-21/h7-10,14H,3-6,11-13H2,1-2H3,(H,19,23)(H,20,22). The minimum absolute atomic E-state index is 0.00343. The number of likely N-dealkylation sites (tertiary alicyclic amines) is 1. The van der Waals surface area contributed by atoms with E-state index in [0.29, 0.717) is 12.1 Å². The highest BCUT2D eigenvalue weighted by atomic mass is 16.2. The molecule has 0 aliphatic carbocycles. The van der Waals surface area contributed by atoms with E-state index in [1.807, 2.05) is 13.8 Å². The van der Waals surface area contributed by atoms with Gasteiger partial charge in [-0.15, -0.1) is 0 Å². The van der Waals surface area contributed by atoms with Gasteiger partial charge in [-0.1, -0.05) is 13.3 Å². The van der Waals surface area contributed by atoms with Crippen molar-refractivity contribution in [3.8, 4) is 0 Å². The van der Waals surface area contributed by atoms with E-state index in [-0.39, 0.29) is 17.9 Å². The molecule has 1 aromatic rings. The molecule has 1 aliphatic rings. The molecule has 2 amide bonds. The van der Waals surface area contributed by atoms with Gasteiger partial charge in [-0.2, -0.15) is 0 Å². The van der Waals surface area contributed by atoms with Crippen LogP contribution in [0.3, 0.4) is 0 Å². The van der Waals surface area contributed by atoms with Crippen LogP contribution >= 0.6 is 0 Å². The SMILES string of the molecule is CCC(C)NC(=O)c1ccc(NC(=O)CN2CCCCC2)cc1. The number of anilines is 1. The molecule has 1 aromatic carbocycles. The summed E-state index contributed by atoms with van der Waals surface area (Å²) in [6.45, 7) is 6.46. The number of hydrogen-bond acceptors (Lipinski definition) is 3. The molecule has 0 spiro atoms. The van der Waals surface area contributed by atoms with Crippen molar-refractivity contribution in [2.45, 2.75) is 45.6 Å². The van der Waals surface area contributed by atoms with Crippen molar-refractivity contribution in [1.82, 2.24) is 10.2 Å². The van der Waals surface area contributed by atoms with Crippen LogP contribution in [-0.2, 0) is 4.79 Å². The maximum Gasteiger partial charge on any atom is 0.251 e. The number of hydrogen-bond donors (Lipinski definition) is 2. The van der Waals surface area contributed by atoms with Gasteiger partial charge in [0.1, 0.15) is 0 Å². The summed E-state index contributed by atoms with van der Waals surface area (Å²) in [5.41, 5.74) is 1.34. The number of carbonyl (C=O) groups excluding carboxylic acids is 2. The zero-order valence-electron chi connectivity index (χ0n) is 14.1. The fourth-order valence-electron chi connectivity index (χ4n) is 2.64. The number of rotatable bonds is 6. The second-order valence-electron chi connectivity index (χ2n) is 6.25. The minimum Gasteiger partial charge on any atom is -0.350 e. The predicted octanol–water partition coefficient (Wildman–Crippen LogP) is 2.64. The maximum absolute atomic E-state index is 12.1. The summed E-state index contributed by atoms with van der Waals surface area (Å²) >= 11 is 0. The Balaban J connectivity index is 1.84. The smallest absolute Gasteiger partial charge is 0.251 e. The Morgan fingerprint density at radius 1 is 1.13 bits per heavy atom. The summed E-state index contributed by atoms with van der Waals surface area (Å²) in [7, 11) is 0. The lowest BCUT2D eigenvalue weighted by Gasteiger charge is -2.25. The molecule has 1 fully saturated rings. The first-order chi connectivity index (χ1) is 11.1. The molecule has 126 valence electrons. The lowest BCUT2D eigenvalue weighted by Crippen LogP contribution is -2.36. The zero-order chi connectivity index (χ0) is 16.7. The minimum atomic E-state index is -0.0782. The number of piperidine rings is 1. The second kappa shape index (κ2) is 8.67. The third-order valence-electron chi connectivity index (χ3n) is 4.24. The van der Waals surface area contributed by atoms with Crippen molar-refractivity contribution < 1.29 is 9.59 Å². The Hall–Kier alpha value is -1.88. The number of nitrogens with one attached hydrogen (secondary N) is 2. The number of amides is 2. The molecule has 1 aliphatic heterocycles. The Bertz CT molecular complexity index is 522. The second-order valence-corrected chi connectivity index (χ2v) is 6.25. The van der Waals surface area contributed by atoms with Gasteiger partial charge in [0.15, 0.2) is 0 Å². The van der Waals surface area contributed by atoms with Gasteiger partial charge in [-0.3, -0.25) is 14.5 Å². The summed E-state index contributed by atoms with van der Waals surface area (Å²) in [6, 6.07) is 7.20. The first-order valence-electron chi connectivity index (χ1n) is 8.51. The molecule has 0 radical (unpaired) electrons. The quantitative estimate of drug-likeness (QED) is 0.848. The Kier molecular flexibility index (Phi) is 6.59. The van der Waals surface area contributed by atoms with Crippen molar-refractivity contribution in [1.29, 1.82) is 0 Å². The van der Waals surface area contributed by atoms with Crippen LogP contribution in [0.2, 0.25) is 0 Å². The van der Waals surface area contributed by atoms with Crippen LogP contribution in [0.15, 0.2) is 24.3 Å². The first-order valence-corrected chi connectivity index (χ1v) is 8.51. The molecule has 2 rings (SSSR count). The molecule has 5 nitrogen and oxygen atoms in total. The molecular formula is C18H27N3O2. The lowest BCUT2D eigenvalue weighted by molar-refractivity contribution is -0.117. The topological polar surface area (TPSA) is 61.4 Å². The van der Waals surface area contributed by atoms with E-state index in [4.69, 9.17) is 0 Å². The highest BCUT2D eigenvalue weighted by Crippen LogP contribution is 2.12. The fourth-order valence-corrected chi connectivity index (χ4v) is 2.64. The normalized spacial score (nSPS) is 16.6. The summed E-state index contributed by atoms with van der Waals surface area (Å²) in [5, 5.41) is 5.82. The van der Waals surface area contributed by atoms with Crippen LogP contribution in [0.1, 0.15) is 49.9 Å². The van der Waals surface area contributed by atoms with Gasteiger partial charge in [-0.05, 0) is 63.5 Å². The molecule has 2 N–H and O–H groups in total. The van der Waals surface area contributed by atoms with E-state index in [1.165, 1.54) is 19.3 Å². The van der Waals surface area contributed by atoms with Crippen molar-refractivity contribution in [2.75, 3.05) is 25.0 Å². The third-order valence-corrected chi connectivity index (χ3v) is 4.24. The van der Waals surface area contributed by atoms with Gasteiger partial charge in [0.25, 0.3) is 5.91 Å². The molecule has 0 aromatic heterocycles. The highest BCUT2D eigenvalue weighted by molar-refractivity contribution is 5.96. The summed E-state index contributed by atoms with van der Waals surface area (Å²) in [5.74, 6) is -0.0748. The average molecular weight is 317 g/mol. The number of carbonyl (C=O) groups is 2. The molecular weight excluding hydrogens is 290 g/mol. The monoisotopic (exact) mass is 317 g/mol. The van der Waals surface area contributed by atoms with E-state index in [9.17, 15) is 9.59 Å². The van der Waals surface area contributed by atoms with Gasteiger partial charge in [0.2, 0.25) is 5.91 Å². The highest BCUT2D eigenvalue weighted by Gasteiger charge is 2.14. The third kappa shape index (κ3) is 5.67. The van der Waals surface area contributed by atoms with Crippen LogP contribution in [0, 0.1) is 0 Å². The van der Waals surface area contributed by atoms with Crippen LogP contribution in [0.5, 0.6) is 0 Å². The van der Waals surface area contributed by atoms with Crippen LogP contribution in [0.25, 0.3) is 0 Å². The van der Waals surface area contributed by atoms with Gasteiger partial charge >= 0.3 is 0 Å². The zero-order valence-corrected chi connectivity index (χ0v) is 14.1. The summed E-state index contributed by atoms with van der Waals surface area (Å²) in [4.78, 5) is 26.2. The molecule has 1 unspecified atom stereocenters. The largest absolute Gasteiger partial charge is 0.350 e. The van der Waals surface area contributed by atoms with Gasteiger partial charge in [-0.25, -0.2) is 0 Å². The van der Waals surface area contributed by atoms with Gasteiger partial charge < -0.3 is 10.6 Å². The van der Waals surface area contributed by atoms with E-state index in [0.717, 1.165) is 25.2 Å². The molecule has 23 heavy (non-hydrogen) atoms. The van der Waals surface area contributed by atoms with E-state index < -0.39 is 0 Å². The van der Waals surface area contributed by atoms with E-state index in [2.05, 4.69) is 15.5 Å². The molecule has 1 heterocycles. The van der Waals surface area contributed by atoms with E-state index >= 15 is 0 Å². The lowest BCUT2D eigenvalue weighted by atomic mass is 10.1. The Labute approximate surface area is 138 Å². The first kappa shape index (κ1) is 17.5. The molecule has 0 saturated carbocycles. The van der Waals surface area contributed by atoms with Crippen molar-refractivity contribution in [2.24, 2.45) is 0 Å². The van der Waals surface area contributed by atoms with Crippen LogP contribution in [-0.4, -0.2) is 42.4 Å². The molecule has 1 atom stereocenters. The van der Waals surface area contributed by atoms with Crippen molar-refractivity contribution in [3.05, 3.63) is 29.8 Å². The molecule has 1 saturated heterocycles. The van der Waals surface area contributed by atoms with Gasteiger partial charge in [0.05, 0.1) is 6.54 Å². The summed E-state index contributed by atoms with van der Waals surface area (Å²) in [6.07, 6.45) is 4.51.